The highest BCUT2D eigenvalue weighted by Crippen LogP contribution is 2.11. The largest absolute Gasteiger partial charge is 0.393 e. The predicted octanol–water partition coefficient (Wildman–Crippen LogP) is 0.607. The highest BCUT2D eigenvalue weighted by atomic mass is 16.3. The molecular weight excluding hydrogens is 204 g/mol. The number of nitrogens with zero attached hydrogens (tertiary/aromatic N) is 2. The molecule has 1 aromatic rings. The number of rotatable bonds is 2. The van der Waals surface area contributed by atoms with Gasteiger partial charge >= 0.3 is 0 Å². The lowest BCUT2D eigenvalue weighted by molar-refractivity contribution is -0.132. The van der Waals surface area contributed by atoms with Gasteiger partial charge in [-0.1, -0.05) is 6.07 Å². The minimum absolute atomic E-state index is 0.125. The van der Waals surface area contributed by atoms with E-state index in [0.717, 1.165) is 5.56 Å². The summed E-state index contributed by atoms with van der Waals surface area (Å²) in [5, 5.41) is 9.35. The van der Waals surface area contributed by atoms with Gasteiger partial charge in [-0.05, 0) is 24.5 Å². The molecule has 2 heterocycles. The fraction of sp³-hybridized carbons (Fsp3) is 0.500. The zero-order valence-corrected chi connectivity index (χ0v) is 9.17. The summed E-state index contributed by atoms with van der Waals surface area (Å²) in [4.78, 5) is 17.7. The normalized spacial score (nSPS) is 17.4. The topological polar surface area (TPSA) is 53.4 Å². The number of aromatic nitrogens is 1. The first-order chi connectivity index (χ1) is 7.75. The lowest BCUT2D eigenvalue weighted by Crippen LogP contribution is -2.40. The smallest absolute Gasteiger partial charge is 0.227 e. The van der Waals surface area contributed by atoms with Crippen molar-refractivity contribution in [2.45, 2.75) is 25.4 Å². The van der Waals surface area contributed by atoms with Crippen molar-refractivity contribution in [1.82, 2.24) is 9.88 Å². The first kappa shape index (κ1) is 11.1. The Morgan fingerprint density at radius 3 is 2.88 bits per heavy atom. The highest BCUT2D eigenvalue weighted by molar-refractivity contribution is 5.78. The lowest BCUT2D eigenvalue weighted by atomic mass is 10.1. The van der Waals surface area contributed by atoms with Crippen molar-refractivity contribution in [3.63, 3.8) is 0 Å². The fourth-order valence-electron chi connectivity index (χ4n) is 1.90. The maximum absolute atomic E-state index is 11.9. The summed E-state index contributed by atoms with van der Waals surface area (Å²) in [5.74, 6) is 0.125. The Morgan fingerprint density at radius 2 is 2.25 bits per heavy atom. The van der Waals surface area contributed by atoms with Crippen LogP contribution in [0.15, 0.2) is 24.5 Å². The zero-order chi connectivity index (χ0) is 11.4. The Balaban J connectivity index is 1.89. The summed E-state index contributed by atoms with van der Waals surface area (Å²) in [6.07, 6.45) is 4.98. The van der Waals surface area contributed by atoms with Crippen LogP contribution in [0.1, 0.15) is 18.4 Å². The maximum Gasteiger partial charge on any atom is 0.227 e. The van der Waals surface area contributed by atoms with E-state index in [1.807, 2.05) is 17.0 Å². The molecule has 4 heteroatoms. The standard InChI is InChI=1S/C12H16N2O2/c15-11-3-6-14(7-4-11)12(16)8-10-2-1-5-13-9-10/h1-2,5,9,11,15H,3-4,6-8H2. The number of pyridine rings is 1. The molecule has 1 aromatic heterocycles. The molecule has 0 spiro atoms. The van der Waals surface area contributed by atoms with Crippen LogP contribution in [0.5, 0.6) is 0 Å². The molecular formula is C12H16N2O2. The molecule has 16 heavy (non-hydrogen) atoms. The van der Waals surface area contributed by atoms with Gasteiger partial charge in [0.1, 0.15) is 0 Å². The molecule has 1 saturated heterocycles. The van der Waals surface area contributed by atoms with Crippen molar-refractivity contribution in [3.8, 4) is 0 Å². The van der Waals surface area contributed by atoms with Gasteiger partial charge in [0.25, 0.3) is 0 Å². The molecule has 0 aliphatic carbocycles. The molecule has 1 fully saturated rings. The second-order valence-electron chi connectivity index (χ2n) is 4.15. The molecule has 0 aromatic carbocycles. The molecule has 0 saturated carbocycles. The SMILES string of the molecule is O=C(Cc1cccnc1)N1CCC(O)CC1. The molecule has 1 aliphatic heterocycles. The van der Waals surface area contributed by atoms with Gasteiger partial charge < -0.3 is 10.0 Å². The maximum atomic E-state index is 11.9. The van der Waals surface area contributed by atoms with Crippen LogP contribution in [0.2, 0.25) is 0 Å². The van der Waals surface area contributed by atoms with Crippen LogP contribution in [-0.4, -0.2) is 40.1 Å². The number of carbonyl (C=O) groups is 1. The Kier molecular flexibility index (Phi) is 3.51. The van der Waals surface area contributed by atoms with E-state index in [0.29, 0.717) is 32.4 Å². The molecule has 0 bridgehead atoms. The summed E-state index contributed by atoms with van der Waals surface area (Å²) >= 11 is 0. The third-order valence-corrected chi connectivity index (χ3v) is 2.90. The summed E-state index contributed by atoms with van der Waals surface area (Å²) in [6.45, 7) is 1.33. The Bertz CT molecular complexity index is 345. The molecule has 2 rings (SSSR count). The van der Waals surface area contributed by atoms with E-state index >= 15 is 0 Å². The van der Waals surface area contributed by atoms with Gasteiger partial charge in [0.15, 0.2) is 0 Å². The Morgan fingerprint density at radius 1 is 1.50 bits per heavy atom. The van der Waals surface area contributed by atoms with E-state index in [1.165, 1.54) is 0 Å². The lowest BCUT2D eigenvalue weighted by Gasteiger charge is -2.29. The molecule has 0 unspecified atom stereocenters. The number of likely N-dealkylation sites (tertiary alicyclic amines) is 1. The van der Waals surface area contributed by atoms with Crippen molar-refractivity contribution in [2.24, 2.45) is 0 Å². The Labute approximate surface area is 94.9 Å². The van der Waals surface area contributed by atoms with Crippen molar-refractivity contribution in [1.29, 1.82) is 0 Å². The van der Waals surface area contributed by atoms with Crippen LogP contribution in [0.4, 0.5) is 0 Å². The number of aliphatic hydroxyl groups is 1. The van der Waals surface area contributed by atoms with Crippen LogP contribution < -0.4 is 0 Å². The first-order valence-electron chi connectivity index (χ1n) is 5.60. The van der Waals surface area contributed by atoms with Gasteiger partial charge in [0.05, 0.1) is 12.5 Å². The van der Waals surface area contributed by atoms with Crippen LogP contribution in [-0.2, 0) is 11.2 Å². The second-order valence-corrected chi connectivity index (χ2v) is 4.15. The van der Waals surface area contributed by atoms with Crippen LogP contribution >= 0.6 is 0 Å². The predicted molar refractivity (Wildman–Crippen MR) is 59.8 cm³/mol. The summed E-state index contributed by atoms with van der Waals surface area (Å²) in [5.41, 5.74) is 0.943. The van der Waals surface area contributed by atoms with Gasteiger partial charge in [-0.15, -0.1) is 0 Å². The van der Waals surface area contributed by atoms with Gasteiger partial charge in [-0.2, -0.15) is 0 Å². The minimum atomic E-state index is -0.234. The van der Waals surface area contributed by atoms with Crippen LogP contribution in [0.25, 0.3) is 0 Å². The zero-order valence-electron chi connectivity index (χ0n) is 9.17. The summed E-state index contributed by atoms with van der Waals surface area (Å²) in [6, 6.07) is 3.74. The quantitative estimate of drug-likeness (QED) is 0.794. The van der Waals surface area contributed by atoms with Crippen LogP contribution in [0, 0.1) is 0 Å². The highest BCUT2D eigenvalue weighted by Gasteiger charge is 2.20. The molecule has 4 nitrogen and oxygen atoms in total. The van der Waals surface area contributed by atoms with Crippen molar-refractivity contribution in [3.05, 3.63) is 30.1 Å². The van der Waals surface area contributed by atoms with E-state index in [-0.39, 0.29) is 12.0 Å². The molecule has 0 radical (unpaired) electrons. The number of amides is 1. The molecule has 1 amide bonds. The van der Waals surface area contributed by atoms with Gasteiger partial charge in [0.2, 0.25) is 5.91 Å². The van der Waals surface area contributed by atoms with E-state index in [9.17, 15) is 9.90 Å². The van der Waals surface area contributed by atoms with E-state index in [4.69, 9.17) is 0 Å². The number of hydrogen-bond acceptors (Lipinski definition) is 3. The first-order valence-corrected chi connectivity index (χ1v) is 5.60. The van der Waals surface area contributed by atoms with Gasteiger partial charge in [-0.3, -0.25) is 9.78 Å². The molecule has 1 aliphatic rings. The third-order valence-electron chi connectivity index (χ3n) is 2.90. The number of carbonyl (C=O) groups excluding carboxylic acids is 1. The van der Waals surface area contributed by atoms with Crippen molar-refractivity contribution >= 4 is 5.91 Å². The average Bonchev–Trinajstić information content (AvgIpc) is 2.31. The minimum Gasteiger partial charge on any atom is -0.393 e. The van der Waals surface area contributed by atoms with Crippen LogP contribution in [0.3, 0.4) is 0 Å². The summed E-state index contributed by atoms with van der Waals surface area (Å²) in [7, 11) is 0. The van der Waals surface area contributed by atoms with E-state index in [1.54, 1.807) is 12.4 Å². The van der Waals surface area contributed by atoms with Gasteiger partial charge in [0, 0.05) is 25.5 Å². The monoisotopic (exact) mass is 220 g/mol. The summed E-state index contributed by atoms with van der Waals surface area (Å²) < 4.78 is 0. The van der Waals surface area contributed by atoms with E-state index in [2.05, 4.69) is 4.98 Å². The molecule has 1 N–H and O–H groups in total. The van der Waals surface area contributed by atoms with Gasteiger partial charge in [-0.25, -0.2) is 0 Å². The van der Waals surface area contributed by atoms with Crippen molar-refractivity contribution in [2.75, 3.05) is 13.1 Å². The number of hydrogen-bond donors (Lipinski definition) is 1. The number of aliphatic hydroxyl groups excluding tert-OH is 1. The Hall–Kier alpha value is -1.42. The average molecular weight is 220 g/mol. The molecule has 86 valence electrons. The fourth-order valence-corrected chi connectivity index (χ4v) is 1.90. The molecule has 0 atom stereocenters. The number of piperidine rings is 1. The second kappa shape index (κ2) is 5.07. The van der Waals surface area contributed by atoms with Crippen molar-refractivity contribution < 1.29 is 9.90 Å². The third kappa shape index (κ3) is 2.79. The van der Waals surface area contributed by atoms with E-state index < -0.39 is 0 Å².